The van der Waals surface area contributed by atoms with Crippen LogP contribution in [-0.4, -0.2) is 113 Å². The van der Waals surface area contributed by atoms with E-state index in [2.05, 4.69) is 0 Å². The van der Waals surface area contributed by atoms with Gasteiger partial charge in [-0.3, -0.25) is 0 Å². The molecule has 1 aromatic carbocycles. The zero-order valence-corrected chi connectivity index (χ0v) is 17.8. The van der Waals surface area contributed by atoms with Crippen LogP contribution in [0.5, 0.6) is 11.5 Å². The van der Waals surface area contributed by atoms with Gasteiger partial charge in [-0.05, 0) is 24.3 Å². The van der Waals surface area contributed by atoms with Crippen LogP contribution in [0, 0.1) is 11.8 Å². The summed E-state index contributed by atoms with van der Waals surface area (Å²) in [7, 11) is 0. The number of ether oxygens (including phenoxy) is 2. The molecule has 0 radical (unpaired) electrons. The highest BCUT2D eigenvalue weighted by Gasteiger charge is 2.35. The largest absolute Gasteiger partial charge is 0.462 e. The van der Waals surface area contributed by atoms with E-state index in [9.17, 15) is 40.9 Å². The predicted molar refractivity (Wildman–Crippen MR) is 108 cm³/mol. The molecule has 0 aliphatic carbocycles. The fraction of sp³-hybridized carbons (Fsp3) is 0.700. The molecule has 0 heterocycles. The molecule has 10 atom stereocenters. The van der Waals surface area contributed by atoms with Crippen LogP contribution in [-0.2, 0) is 0 Å². The molecule has 0 fully saturated rings. The van der Waals surface area contributed by atoms with E-state index in [4.69, 9.17) is 19.7 Å². The normalized spacial score (nSPS) is 21.4. The Labute approximate surface area is 185 Å². The summed E-state index contributed by atoms with van der Waals surface area (Å²) >= 11 is 0. The smallest absolute Gasteiger partial charge is 0.226 e. The van der Waals surface area contributed by atoms with Crippen LogP contribution in [0.15, 0.2) is 24.3 Å². The highest BCUT2D eigenvalue weighted by atomic mass is 16.6. The van der Waals surface area contributed by atoms with Crippen molar-refractivity contribution in [3.63, 3.8) is 0 Å². The van der Waals surface area contributed by atoms with Gasteiger partial charge in [0.05, 0.1) is 12.2 Å². The average molecular weight is 466 g/mol. The first kappa shape index (κ1) is 28.5. The third-order valence-corrected chi connectivity index (χ3v) is 5.06. The first-order valence-corrected chi connectivity index (χ1v) is 10.0. The van der Waals surface area contributed by atoms with E-state index in [0.29, 0.717) is 0 Å². The van der Waals surface area contributed by atoms with Crippen molar-refractivity contribution in [3.8, 4) is 11.5 Å². The maximum atomic E-state index is 9.94. The van der Waals surface area contributed by atoms with Crippen LogP contribution in [0.3, 0.4) is 0 Å². The molecule has 0 bridgehead atoms. The summed E-state index contributed by atoms with van der Waals surface area (Å²) in [6, 6.07) is 5.07. The quantitative estimate of drug-likeness (QED) is 0.121. The second-order valence-electron chi connectivity index (χ2n) is 7.75. The minimum atomic E-state index is -1.92. The molecule has 1 aromatic rings. The van der Waals surface area contributed by atoms with Crippen molar-refractivity contribution in [1.29, 1.82) is 0 Å². The van der Waals surface area contributed by atoms with Gasteiger partial charge in [0.15, 0.2) is 0 Å². The van der Waals surface area contributed by atoms with Gasteiger partial charge >= 0.3 is 0 Å². The van der Waals surface area contributed by atoms with Gasteiger partial charge in [-0.1, -0.05) is 13.8 Å². The highest BCUT2D eigenvalue weighted by molar-refractivity contribution is 5.31. The third-order valence-electron chi connectivity index (χ3n) is 5.06. The molecule has 0 aromatic heterocycles. The van der Waals surface area contributed by atoms with Crippen molar-refractivity contribution < 1.29 is 60.5 Å². The van der Waals surface area contributed by atoms with E-state index in [-0.39, 0.29) is 11.5 Å². The van der Waals surface area contributed by atoms with Crippen LogP contribution in [0.4, 0.5) is 0 Å². The fourth-order valence-corrected chi connectivity index (χ4v) is 2.65. The number of hydrogen-bond acceptors (Lipinski definition) is 12. The van der Waals surface area contributed by atoms with Crippen LogP contribution in [0.25, 0.3) is 0 Å². The van der Waals surface area contributed by atoms with Gasteiger partial charge in [-0.25, -0.2) is 0 Å². The second kappa shape index (κ2) is 13.2. The summed E-state index contributed by atoms with van der Waals surface area (Å²) in [5, 5.41) is 97.1. The Morgan fingerprint density at radius 2 is 0.812 bits per heavy atom. The predicted octanol–water partition coefficient (Wildman–Crippen LogP) is -3.50. The van der Waals surface area contributed by atoms with Gasteiger partial charge in [0.2, 0.25) is 12.6 Å². The minimum Gasteiger partial charge on any atom is -0.462 e. The maximum absolute atomic E-state index is 9.94. The zero-order chi connectivity index (χ0) is 24.6. The van der Waals surface area contributed by atoms with Crippen LogP contribution < -0.4 is 9.47 Å². The first-order chi connectivity index (χ1) is 14.9. The second-order valence-corrected chi connectivity index (χ2v) is 7.75. The van der Waals surface area contributed by atoms with Crippen molar-refractivity contribution in [2.45, 2.75) is 63.1 Å². The summed E-state index contributed by atoms with van der Waals surface area (Å²) in [6.45, 7) is 1.98. The topological polar surface area (TPSA) is 221 Å². The van der Waals surface area contributed by atoms with Crippen molar-refractivity contribution >= 4 is 0 Å². The van der Waals surface area contributed by atoms with Crippen molar-refractivity contribution in [3.05, 3.63) is 24.3 Å². The SMILES string of the molecule is CC(CO)C(O)C(O)C(O)C(O)Oc1ccc(OC(O)C(O)C(O)C(O)C(C)CO)cc1. The molecule has 10 unspecified atom stereocenters. The number of benzene rings is 1. The van der Waals surface area contributed by atoms with Gasteiger partial charge < -0.3 is 60.5 Å². The Morgan fingerprint density at radius 3 is 1.06 bits per heavy atom. The Kier molecular flexibility index (Phi) is 11.7. The fourth-order valence-electron chi connectivity index (χ4n) is 2.65. The van der Waals surface area contributed by atoms with E-state index < -0.39 is 74.3 Å². The molecule has 12 heteroatoms. The molecule has 0 aliphatic heterocycles. The molecule has 12 nitrogen and oxygen atoms in total. The lowest BCUT2D eigenvalue weighted by Gasteiger charge is -2.29. The van der Waals surface area contributed by atoms with E-state index in [1.54, 1.807) is 0 Å². The summed E-state index contributed by atoms with van der Waals surface area (Å²) in [4.78, 5) is 0. The highest BCUT2D eigenvalue weighted by Crippen LogP contribution is 2.22. The van der Waals surface area contributed by atoms with E-state index >= 15 is 0 Å². The molecule has 0 saturated carbocycles. The molecule has 0 saturated heterocycles. The molecule has 0 aliphatic rings. The Balaban J connectivity index is 2.67. The van der Waals surface area contributed by atoms with Crippen molar-refractivity contribution in [2.24, 2.45) is 11.8 Å². The lowest BCUT2D eigenvalue weighted by Crippen LogP contribution is -2.49. The standard InChI is InChI=1S/C20H34O12/c1-9(7-21)13(23)15(25)17(27)19(29)31-11-3-5-12(6-4-11)32-20(30)18(28)16(26)14(24)10(2)8-22/h3-6,9-10,13-30H,7-8H2,1-2H3. The number of rotatable bonds is 14. The molecule has 186 valence electrons. The van der Waals surface area contributed by atoms with Gasteiger partial charge in [0.1, 0.15) is 35.9 Å². The molecule has 0 amide bonds. The molecule has 32 heavy (non-hydrogen) atoms. The maximum Gasteiger partial charge on any atom is 0.226 e. The lowest BCUT2D eigenvalue weighted by molar-refractivity contribution is -0.173. The third kappa shape index (κ3) is 7.78. The molecular formula is C20H34O12. The Hall–Kier alpha value is -1.58. The van der Waals surface area contributed by atoms with Gasteiger partial charge in [0, 0.05) is 25.0 Å². The average Bonchev–Trinajstić information content (AvgIpc) is 2.80. The Bertz CT molecular complexity index is 589. The van der Waals surface area contributed by atoms with Crippen molar-refractivity contribution in [1.82, 2.24) is 0 Å². The Morgan fingerprint density at radius 1 is 0.531 bits per heavy atom. The molecule has 10 N–H and O–H groups in total. The summed E-state index contributed by atoms with van der Waals surface area (Å²) < 4.78 is 10.2. The van der Waals surface area contributed by atoms with Gasteiger partial charge in [-0.15, -0.1) is 0 Å². The van der Waals surface area contributed by atoms with E-state index in [0.717, 1.165) is 0 Å². The number of hydrogen-bond donors (Lipinski definition) is 10. The zero-order valence-electron chi connectivity index (χ0n) is 17.8. The first-order valence-electron chi connectivity index (χ1n) is 10.0. The van der Waals surface area contributed by atoms with E-state index in [1.807, 2.05) is 0 Å². The summed E-state index contributed by atoms with van der Waals surface area (Å²) in [5.74, 6) is -1.47. The van der Waals surface area contributed by atoms with E-state index in [1.165, 1.54) is 38.1 Å². The molecular weight excluding hydrogens is 432 g/mol. The minimum absolute atomic E-state index is 0.0167. The molecule has 1 rings (SSSR count). The number of aliphatic hydroxyl groups is 10. The van der Waals surface area contributed by atoms with Crippen molar-refractivity contribution in [2.75, 3.05) is 13.2 Å². The molecule has 0 spiro atoms. The van der Waals surface area contributed by atoms with Crippen LogP contribution >= 0.6 is 0 Å². The van der Waals surface area contributed by atoms with Gasteiger partial charge in [-0.2, -0.15) is 0 Å². The van der Waals surface area contributed by atoms with Crippen LogP contribution in [0.2, 0.25) is 0 Å². The monoisotopic (exact) mass is 466 g/mol. The lowest BCUT2D eigenvalue weighted by atomic mass is 9.97. The summed E-state index contributed by atoms with van der Waals surface area (Å²) in [5.41, 5.74) is 0. The van der Waals surface area contributed by atoms with Crippen LogP contribution in [0.1, 0.15) is 13.8 Å². The summed E-state index contributed by atoms with van der Waals surface area (Å²) in [6.07, 6.45) is -14.2. The number of aliphatic hydroxyl groups excluding tert-OH is 10. The van der Waals surface area contributed by atoms with Gasteiger partial charge in [0.25, 0.3) is 0 Å².